The molecule has 2 amide bonds. The lowest BCUT2D eigenvalue weighted by molar-refractivity contribution is 0.0977. The van der Waals surface area contributed by atoms with E-state index in [4.69, 9.17) is 10.2 Å². The van der Waals surface area contributed by atoms with Gasteiger partial charge in [0.2, 0.25) is 5.76 Å². The summed E-state index contributed by atoms with van der Waals surface area (Å²) >= 11 is 0. The minimum absolute atomic E-state index is 0.0776. The second kappa shape index (κ2) is 5.60. The molecular formula is C16H16N4O3. The van der Waals surface area contributed by atoms with Gasteiger partial charge in [-0.3, -0.25) is 14.3 Å². The maximum atomic E-state index is 12.4. The Bertz CT molecular complexity index is 907. The van der Waals surface area contributed by atoms with E-state index in [1.807, 2.05) is 13.8 Å². The molecule has 0 saturated carbocycles. The van der Waals surface area contributed by atoms with E-state index in [9.17, 15) is 9.59 Å². The van der Waals surface area contributed by atoms with Crippen molar-refractivity contribution in [2.24, 2.45) is 5.73 Å². The number of furan rings is 1. The maximum Gasteiger partial charge on any atom is 0.286 e. The van der Waals surface area contributed by atoms with E-state index in [0.717, 1.165) is 5.69 Å². The molecule has 1 aromatic carbocycles. The molecule has 2 heterocycles. The van der Waals surface area contributed by atoms with Crippen LogP contribution in [0.25, 0.3) is 11.0 Å². The summed E-state index contributed by atoms with van der Waals surface area (Å²) in [5.41, 5.74) is 7.23. The average molecular weight is 312 g/mol. The predicted molar refractivity (Wildman–Crippen MR) is 85.3 cm³/mol. The van der Waals surface area contributed by atoms with Gasteiger partial charge < -0.3 is 15.5 Å². The summed E-state index contributed by atoms with van der Waals surface area (Å²) in [5.74, 6) is -1.24. The highest BCUT2D eigenvalue weighted by Gasteiger charge is 2.22. The Morgan fingerprint density at radius 1 is 1.35 bits per heavy atom. The van der Waals surface area contributed by atoms with E-state index in [0.29, 0.717) is 17.5 Å². The van der Waals surface area contributed by atoms with E-state index < -0.39 is 11.8 Å². The molecule has 0 atom stereocenters. The third-order valence-electron chi connectivity index (χ3n) is 3.57. The molecule has 0 saturated heterocycles. The van der Waals surface area contributed by atoms with Gasteiger partial charge in [0.1, 0.15) is 11.3 Å². The van der Waals surface area contributed by atoms with Gasteiger partial charge in [-0.25, -0.2) is 0 Å². The largest absolute Gasteiger partial charge is 0.449 e. The van der Waals surface area contributed by atoms with Gasteiger partial charge in [0.05, 0.1) is 0 Å². The normalized spacial score (nSPS) is 10.9. The minimum Gasteiger partial charge on any atom is -0.449 e. The van der Waals surface area contributed by atoms with Gasteiger partial charge in [-0.1, -0.05) is 12.1 Å². The number of hydrogen-bond donors (Lipinski definition) is 2. The molecule has 0 bridgehead atoms. The zero-order valence-corrected chi connectivity index (χ0v) is 12.8. The number of aryl methyl sites for hydroxylation is 2. The fraction of sp³-hybridized carbons (Fsp3) is 0.188. The van der Waals surface area contributed by atoms with E-state index in [2.05, 4.69) is 10.4 Å². The lowest BCUT2D eigenvalue weighted by Crippen LogP contribution is -2.17. The van der Waals surface area contributed by atoms with Crippen LogP contribution in [0.4, 0.5) is 5.69 Å². The van der Waals surface area contributed by atoms with Gasteiger partial charge in [0.25, 0.3) is 11.8 Å². The molecule has 23 heavy (non-hydrogen) atoms. The molecule has 0 spiro atoms. The van der Waals surface area contributed by atoms with Crippen LogP contribution < -0.4 is 11.1 Å². The van der Waals surface area contributed by atoms with Crippen molar-refractivity contribution < 1.29 is 14.0 Å². The summed E-state index contributed by atoms with van der Waals surface area (Å²) in [7, 11) is 0. The third-order valence-corrected chi connectivity index (χ3v) is 3.57. The van der Waals surface area contributed by atoms with Crippen molar-refractivity contribution in [3.05, 3.63) is 47.5 Å². The quantitative estimate of drug-likeness (QED) is 0.771. The SMILES string of the molecule is CCn1nc(C(=O)Nc2c(C(N)=O)oc3ccccc23)cc1C. The molecular weight excluding hydrogens is 296 g/mol. The standard InChI is InChI=1S/C16H16N4O3/c1-3-20-9(2)8-11(19-20)16(22)18-13-10-6-4-5-7-12(10)23-14(13)15(17)21/h4-8H,3H2,1-2H3,(H2,17,21)(H,18,22). The molecule has 0 unspecified atom stereocenters. The van der Waals surface area contributed by atoms with Gasteiger partial charge in [-0.2, -0.15) is 5.10 Å². The molecule has 0 aliphatic heterocycles. The highest BCUT2D eigenvalue weighted by molar-refractivity contribution is 6.13. The number of amides is 2. The second-order valence-electron chi connectivity index (χ2n) is 5.11. The number of fused-ring (bicyclic) bond motifs is 1. The fourth-order valence-corrected chi connectivity index (χ4v) is 2.46. The number of benzene rings is 1. The zero-order chi connectivity index (χ0) is 16.6. The molecule has 0 aliphatic carbocycles. The number of para-hydroxylation sites is 1. The first-order valence-electron chi connectivity index (χ1n) is 7.18. The van der Waals surface area contributed by atoms with Crippen molar-refractivity contribution in [2.45, 2.75) is 20.4 Å². The van der Waals surface area contributed by atoms with Crippen molar-refractivity contribution in [1.82, 2.24) is 9.78 Å². The molecule has 0 radical (unpaired) electrons. The van der Waals surface area contributed by atoms with Gasteiger partial charge >= 0.3 is 0 Å². The van der Waals surface area contributed by atoms with Crippen molar-refractivity contribution in [3.63, 3.8) is 0 Å². The number of carbonyl (C=O) groups excluding carboxylic acids is 2. The van der Waals surface area contributed by atoms with Crippen LogP contribution in [0.5, 0.6) is 0 Å². The topological polar surface area (TPSA) is 103 Å². The van der Waals surface area contributed by atoms with Crippen LogP contribution in [0.1, 0.15) is 33.7 Å². The Hall–Kier alpha value is -3.09. The maximum absolute atomic E-state index is 12.4. The molecule has 2 aromatic heterocycles. The molecule has 0 fully saturated rings. The van der Waals surface area contributed by atoms with Gasteiger partial charge in [-0.15, -0.1) is 0 Å². The monoisotopic (exact) mass is 312 g/mol. The highest BCUT2D eigenvalue weighted by atomic mass is 16.3. The van der Waals surface area contributed by atoms with E-state index in [-0.39, 0.29) is 17.1 Å². The number of nitrogens with one attached hydrogen (secondary N) is 1. The fourth-order valence-electron chi connectivity index (χ4n) is 2.46. The third kappa shape index (κ3) is 2.57. The minimum atomic E-state index is -0.744. The summed E-state index contributed by atoms with van der Waals surface area (Å²) in [5, 5.41) is 7.52. The van der Waals surface area contributed by atoms with E-state index >= 15 is 0 Å². The lowest BCUT2D eigenvalue weighted by Gasteiger charge is -2.02. The first-order chi connectivity index (χ1) is 11.0. The zero-order valence-electron chi connectivity index (χ0n) is 12.8. The number of aromatic nitrogens is 2. The molecule has 3 aromatic rings. The molecule has 3 N–H and O–H groups in total. The molecule has 0 aliphatic rings. The lowest BCUT2D eigenvalue weighted by atomic mass is 10.2. The van der Waals surface area contributed by atoms with Crippen LogP contribution in [0, 0.1) is 6.92 Å². The Balaban J connectivity index is 2.01. The number of primary amides is 1. The summed E-state index contributed by atoms with van der Waals surface area (Å²) in [6, 6.07) is 8.69. The van der Waals surface area contributed by atoms with Crippen LogP contribution in [0.15, 0.2) is 34.7 Å². The highest BCUT2D eigenvalue weighted by Crippen LogP contribution is 2.30. The average Bonchev–Trinajstić information content (AvgIpc) is 3.08. The van der Waals surface area contributed by atoms with Crippen molar-refractivity contribution >= 4 is 28.5 Å². The first-order valence-corrected chi connectivity index (χ1v) is 7.18. The number of carbonyl (C=O) groups is 2. The Kier molecular flexibility index (Phi) is 3.61. The Morgan fingerprint density at radius 2 is 2.09 bits per heavy atom. The van der Waals surface area contributed by atoms with E-state index in [1.165, 1.54) is 0 Å². The van der Waals surface area contributed by atoms with E-state index in [1.54, 1.807) is 35.0 Å². The van der Waals surface area contributed by atoms with Crippen LogP contribution in [0.3, 0.4) is 0 Å². The van der Waals surface area contributed by atoms with Crippen LogP contribution in [-0.2, 0) is 6.54 Å². The second-order valence-corrected chi connectivity index (χ2v) is 5.11. The molecule has 7 heteroatoms. The Labute approximate surface area is 132 Å². The van der Waals surface area contributed by atoms with Crippen LogP contribution in [-0.4, -0.2) is 21.6 Å². The molecule has 7 nitrogen and oxygen atoms in total. The first kappa shape index (κ1) is 14.8. The number of hydrogen-bond acceptors (Lipinski definition) is 4. The van der Waals surface area contributed by atoms with Gasteiger partial charge in [-0.05, 0) is 32.0 Å². The van der Waals surface area contributed by atoms with Gasteiger partial charge in [0, 0.05) is 17.6 Å². The van der Waals surface area contributed by atoms with Crippen molar-refractivity contribution in [3.8, 4) is 0 Å². The molecule has 3 rings (SSSR count). The van der Waals surface area contributed by atoms with Crippen LogP contribution in [0.2, 0.25) is 0 Å². The predicted octanol–water partition coefficient (Wildman–Crippen LogP) is 2.31. The number of nitrogens with two attached hydrogens (primary N) is 1. The summed E-state index contributed by atoms with van der Waals surface area (Å²) in [6.07, 6.45) is 0. The summed E-state index contributed by atoms with van der Waals surface area (Å²) in [4.78, 5) is 24.0. The van der Waals surface area contributed by atoms with Crippen LogP contribution >= 0.6 is 0 Å². The van der Waals surface area contributed by atoms with Crippen molar-refractivity contribution in [2.75, 3.05) is 5.32 Å². The molecule has 118 valence electrons. The number of rotatable bonds is 4. The smallest absolute Gasteiger partial charge is 0.286 e. The summed E-state index contributed by atoms with van der Waals surface area (Å²) in [6.45, 7) is 4.48. The Morgan fingerprint density at radius 3 is 2.74 bits per heavy atom. The van der Waals surface area contributed by atoms with Gasteiger partial charge in [0.15, 0.2) is 5.69 Å². The van der Waals surface area contributed by atoms with Crippen molar-refractivity contribution in [1.29, 1.82) is 0 Å². The summed E-state index contributed by atoms with van der Waals surface area (Å²) < 4.78 is 7.15. The number of nitrogens with zero attached hydrogens (tertiary/aromatic N) is 2. The number of anilines is 1.